The highest BCUT2D eigenvalue weighted by atomic mass is 35.5. The molecule has 1 aromatic carbocycles. The lowest BCUT2D eigenvalue weighted by molar-refractivity contribution is -0.129. The first-order chi connectivity index (χ1) is 9.88. The zero-order valence-corrected chi connectivity index (χ0v) is 13.2. The standard InChI is InChI=1S/C14H17Cl2FN2O2/c1-9(20)19-5-4-18(6-10(21)7-19)8-11-13(17)3-2-12(15)14(11)16/h2-3,10,21H,4-8H2,1H3/t10-/m1/s1. The van der Waals surface area contributed by atoms with Gasteiger partial charge in [0.1, 0.15) is 5.82 Å². The number of halogens is 3. The van der Waals surface area contributed by atoms with Gasteiger partial charge in [0.25, 0.3) is 0 Å². The second-order valence-electron chi connectivity index (χ2n) is 5.18. The molecule has 0 bridgehead atoms. The number of β-amino-alcohol motifs (C(OH)–C–C–N with tert-alkyl or cyclic N) is 1. The van der Waals surface area contributed by atoms with Crippen molar-refractivity contribution in [2.24, 2.45) is 0 Å². The predicted molar refractivity (Wildman–Crippen MR) is 80.0 cm³/mol. The molecular weight excluding hydrogens is 318 g/mol. The van der Waals surface area contributed by atoms with Crippen molar-refractivity contribution < 1.29 is 14.3 Å². The van der Waals surface area contributed by atoms with Crippen molar-refractivity contribution in [2.45, 2.75) is 19.6 Å². The minimum absolute atomic E-state index is 0.0807. The van der Waals surface area contributed by atoms with Gasteiger partial charge < -0.3 is 10.0 Å². The number of aliphatic hydroxyl groups is 1. The molecule has 1 heterocycles. The van der Waals surface area contributed by atoms with Gasteiger partial charge in [-0.3, -0.25) is 9.69 Å². The monoisotopic (exact) mass is 334 g/mol. The van der Waals surface area contributed by atoms with Crippen LogP contribution in [0.1, 0.15) is 12.5 Å². The van der Waals surface area contributed by atoms with Crippen LogP contribution in [-0.4, -0.2) is 53.1 Å². The molecule has 4 nitrogen and oxygen atoms in total. The molecule has 1 aliphatic heterocycles. The Hall–Kier alpha value is -0.880. The van der Waals surface area contributed by atoms with E-state index in [2.05, 4.69) is 0 Å². The Morgan fingerprint density at radius 2 is 2.10 bits per heavy atom. The highest BCUT2D eigenvalue weighted by Gasteiger charge is 2.24. The first-order valence-electron chi connectivity index (χ1n) is 6.66. The van der Waals surface area contributed by atoms with E-state index in [9.17, 15) is 14.3 Å². The lowest BCUT2D eigenvalue weighted by Crippen LogP contribution is -2.36. The van der Waals surface area contributed by atoms with Crippen LogP contribution in [-0.2, 0) is 11.3 Å². The molecule has 1 aliphatic rings. The molecule has 0 saturated carbocycles. The number of aliphatic hydroxyl groups excluding tert-OH is 1. The Balaban J connectivity index is 2.13. The number of carbonyl (C=O) groups is 1. The van der Waals surface area contributed by atoms with E-state index in [0.29, 0.717) is 30.2 Å². The van der Waals surface area contributed by atoms with E-state index in [0.717, 1.165) is 0 Å². The van der Waals surface area contributed by atoms with Crippen molar-refractivity contribution in [3.05, 3.63) is 33.6 Å². The average molecular weight is 335 g/mol. The second-order valence-corrected chi connectivity index (χ2v) is 5.96. The number of carbonyl (C=O) groups excluding carboxylic acids is 1. The van der Waals surface area contributed by atoms with Crippen LogP contribution in [0.15, 0.2) is 12.1 Å². The lowest BCUT2D eigenvalue weighted by atomic mass is 10.2. The van der Waals surface area contributed by atoms with E-state index in [-0.39, 0.29) is 24.0 Å². The van der Waals surface area contributed by atoms with Crippen LogP contribution in [0.2, 0.25) is 10.0 Å². The Morgan fingerprint density at radius 1 is 1.38 bits per heavy atom. The highest BCUT2D eigenvalue weighted by Crippen LogP contribution is 2.29. The molecule has 116 valence electrons. The van der Waals surface area contributed by atoms with Gasteiger partial charge in [0.05, 0.1) is 16.1 Å². The van der Waals surface area contributed by atoms with E-state index < -0.39 is 11.9 Å². The second kappa shape index (κ2) is 6.92. The zero-order valence-electron chi connectivity index (χ0n) is 11.7. The van der Waals surface area contributed by atoms with Gasteiger partial charge in [0, 0.05) is 45.2 Å². The number of benzene rings is 1. The third kappa shape index (κ3) is 4.07. The lowest BCUT2D eigenvalue weighted by Gasteiger charge is -2.22. The topological polar surface area (TPSA) is 43.8 Å². The molecule has 1 atom stereocenters. The van der Waals surface area contributed by atoms with Crippen LogP contribution in [0.25, 0.3) is 0 Å². The summed E-state index contributed by atoms with van der Waals surface area (Å²) in [6, 6.07) is 2.69. The Bertz CT molecular complexity index is 542. The van der Waals surface area contributed by atoms with Crippen LogP contribution in [0.4, 0.5) is 4.39 Å². The molecule has 2 rings (SSSR count). The predicted octanol–water partition coefficient (Wildman–Crippen LogP) is 2.16. The van der Waals surface area contributed by atoms with Crippen molar-refractivity contribution in [3.8, 4) is 0 Å². The number of nitrogens with zero attached hydrogens (tertiary/aromatic N) is 2. The molecule has 21 heavy (non-hydrogen) atoms. The maximum Gasteiger partial charge on any atom is 0.219 e. The summed E-state index contributed by atoms with van der Waals surface area (Å²) in [5.41, 5.74) is 0.313. The SMILES string of the molecule is CC(=O)N1CCN(Cc2c(F)ccc(Cl)c2Cl)C[C@@H](O)C1. The maximum atomic E-state index is 13.9. The molecule has 1 amide bonds. The van der Waals surface area contributed by atoms with E-state index in [1.807, 2.05) is 4.90 Å². The molecule has 1 saturated heterocycles. The summed E-state index contributed by atoms with van der Waals surface area (Å²) in [5, 5.41) is 10.5. The molecule has 1 N–H and O–H groups in total. The largest absolute Gasteiger partial charge is 0.390 e. The first kappa shape index (κ1) is 16.5. The van der Waals surface area contributed by atoms with E-state index in [4.69, 9.17) is 23.2 Å². The van der Waals surface area contributed by atoms with Gasteiger partial charge in [-0.2, -0.15) is 0 Å². The quantitative estimate of drug-likeness (QED) is 0.843. The summed E-state index contributed by atoms with van der Waals surface area (Å²) in [6.45, 7) is 3.39. The summed E-state index contributed by atoms with van der Waals surface area (Å²) >= 11 is 12.0. The first-order valence-corrected chi connectivity index (χ1v) is 7.42. The van der Waals surface area contributed by atoms with Crippen LogP contribution in [0.3, 0.4) is 0 Å². The summed E-state index contributed by atoms with van der Waals surface area (Å²) in [6.07, 6.45) is -0.669. The molecular formula is C14H17Cl2FN2O2. The van der Waals surface area contributed by atoms with Crippen molar-refractivity contribution in [3.63, 3.8) is 0 Å². The van der Waals surface area contributed by atoms with Gasteiger partial charge in [-0.1, -0.05) is 23.2 Å². The fourth-order valence-corrected chi connectivity index (χ4v) is 2.81. The van der Waals surface area contributed by atoms with E-state index in [1.54, 1.807) is 4.90 Å². The molecule has 7 heteroatoms. The summed E-state index contributed by atoms with van der Waals surface area (Å²) < 4.78 is 13.9. The molecule has 0 radical (unpaired) electrons. The van der Waals surface area contributed by atoms with Crippen molar-refractivity contribution in [2.75, 3.05) is 26.2 Å². The zero-order chi connectivity index (χ0) is 15.6. The van der Waals surface area contributed by atoms with Gasteiger partial charge in [-0.25, -0.2) is 4.39 Å². The third-order valence-electron chi connectivity index (χ3n) is 3.55. The fourth-order valence-electron chi connectivity index (χ4n) is 2.42. The van der Waals surface area contributed by atoms with Crippen LogP contribution in [0.5, 0.6) is 0 Å². The fraction of sp³-hybridized carbons (Fsp3) is 0.500. The molecule has 0 spiro atoms. The number of hydrogen-bond donors (Lipinski definition) is 1. The van der Waals surface area contributed by atoms with Gasteiger partial charge in [-0.15, -0.1) is 0 Å². The Kier molecular flexibility index (Phi) is 5.43. The van der Waals surface area contributed by atoms with E-state index >= 15 is 0 Å². The Labute approximate surface area is 133 Å². The number of hydrogen-bond acceptors (Lipinski definition) is 3. The highest BCUT2D eigenvalue weighted by molar-refractivity contribution is 6.42. The Morgan fingerprint density at radius 3 is 2.76 bits per heavy atom. The summed E-state index contributed by atoms with van der Waals surface area (Å²) in [5.74, 6) is -0.505. The third-order valence-corrected chi connectivity index (χ3v) is 4.40. The van der Waals surface area contributed by atoms with Crippen LogP contribution >= 0.6 is 23.2 Å². The van der Waals surface area contributed by atoms with Crippen molar-refractivity contribution in [1.82, 2.24) is 9.80 Å². The van der Waals surface area contributed by atoms with Gasteiger partial charge in [0.15, 0.2) is 0 Å². The molecule has 0 aliphatic carbocycles. The average Bonchev–Trinajstić information content (AvgIpc) is 2.61. The molecule has 0 aromatic heterocycles. The van der Waals surface area contributed by atoms with Gasteiger partial charge in [-0.05, 0) is 12.1 Å². The molecule has 1 fully saturated rings. The summed E-state index contributed by atoms with van der Waals surface area (Å²) in [4.78, 5) is 14.9. The smallest absolute Gasteiger partial charge is 0.219 e. The minimum Gasteiger partial charge on any atom is -0.390 e. The van der Waals surface area contributed by atoms with Crippen molar-refractivity contribution >= 4 is 29.1 Å². The van der Waals surface area contributed by atoms with Crippen LogP contribution < -0.4 is 0 Å². The molecule has 0 unspecified atom stereocenters. The van der Waals surface area contributed by atoms with Gasteiger partial charge >= 0.3 is 0 Å². The van der Waals surface area contributed by atoms with Crippen molar-refractivity contribution in [1.29, 1.82) is 0 Å². The number of amides is 1. The molecule has 1 aromatic rings. The number of rotatable bonds is 2. The van der Waals surface area contributed by atoms with E-state index in [1.165, 1.54) is 19.1 Å². The summed E-state index contributed by atoms with van der Waals surface area (Å²) in [7, 11) is 0. The van der Waals surface area contributed by atoms with Crippen LogP contribution in [0, 0.1) is 5.82 Å². The van der Waals surface area contributed by atoms with Gasteiger partial charge in [0.2, 0.25) is 5.91 Å². The maximum absolute atomic E-state index is 13.9. The minimum atomic E-state index is -0.669. The normalized spacial score (nSPS) is 20.4.